The van der Waals surface area contributed by atoms with Crippen LogP contribution in [0.3, 0.4) is 0 Å². The quantitative estimate of drug-likeness (QED) is 0.0420. The number of carbonyl (C=O) groups is 1. The molecular weight excluding hydrogens is 999 g/mol. The molecule has 0 heterocycles. The number of nitrogens with one attached hydrogen (secondary N) is 1. The minimum absolute atomic E-state index is 0.0618. The molecule has 0 rings (SSSR count). The highest BCUT2D eigenvalue weighted by atomic mass is 16.3. The van der Waals surface area contributed by atoms with Crippen LogP contribution in [0.5, 0.6) is 0 Å². The fraction of sp³-hybridized carbons (Fsp3) is 0.782. The summed E-state index contributed by atoms with van der Waals surface area (Å²) >= 11 is 0. The van der Waals surface area contributed by atoms with Gasteiger partial charge in [0.15, 0.2) is 0 Å². The van der Waals surface area contributed by atoms with E-state index in [1.54, 1.807) is 6.08 Å². The van der Waals surface area contributed by atoms with Crippen LogP contribution < -0.4 is 5.32 Å². The Kier molecular flexibility index (Phi) is 70.2. The number of aliphatic hydroxyl groups excluding tert-OH is 2. The minimum Gasteiger partial charge on any atom is -0.394 e. The maximum atomic E-state index is 12.6. The highest BCUT2D eigenvalue weighted by molar-refractivity contribution is 5.76. The highest BCUT2D eigenvalue weighted by Crippen LogP contribution is 2.19. The lowest BCUT2D eigenvalue weighted by atomic mass is 10.0. The van der Waals surface area contributed by atoms with E-state index in [9.17, 15) is 15.0 Å². The summed E-state index contributed by atoms with van der Waals surface area (Å²) in [5.41, 5.74) is 0. The van der Waals surface area contributed by atoms with E-state index >= 15 is 0 Å². The monoisotopic (exact) mass is 1140 g/mol. The molecule has 0 spiro atoms. The Morgan fingerprint density at radius 2 is 0.537 bits per heavy atom. The zero-order valence-electron chi connectivity index (χ0n) is 55.0. The third-order valence-corrected chi connectivity index (χ3v) is 16.6. The van der Waals surface area contributed by atoms with Crippen molar-refractivity contribution >= 4 is 5.91 Å². The summed E-state index contributed by atoms with van der Waals surface area (Å²) in [4.78, 5) is 12.6. The number of rotatable bonds is 67. The Labute approximate surface area is 513 Å². The fourth-order valence-corrected chi connectivity index (χ4v) is 11.1. The van der Waals surface area contributed by atoms with Crippen LogP contribution in [-0.2, 0) is 4.79 Å². The summed E-state index contributed by atoms with van der Waals surface area (Å²) in [6.07, 6.45) is 108. The number of allylic oxidation sites excluding steroid dienone is 15. The number of hydrogen-bond acceptors (Lipinski definition) is 3. The molecule has 0 aliphatic carbocycles. The lowest BCUT2D eigenvalue weighted by Gasteiger charge is -2.20. The van der Waals surface area contributed by atoms with E-state index in [-0.39, 0.29) is 12.5 Å². The van der Waals surface area contributed by atoms with Crippen molar-refractivity contribution in [2.24, 2.45) is 0 Å². The molecule has 476 valence electrons. The highest BCUT2D eigenvalue weighted by Gasteiger charge is 2.18. The first-order chi connectivity index (χ1) is 40.7. The van der Waals surface area contributed by atoms with Crippen molar-refractivity contribution in [3.8, 4) is 0 Å². The largest absolute Gasteiger partial charge is 0.394 e. The van der Waals surface area contributed by atoms with Gasteiger partial charge in [-0.05, 0) is 77.0 Å². The van der Waals surface area contributed by atoms with Crippen molar-refractivity contribution < 1.29 is 15.0 Å². The summed E-state index contributed by atoms with van der Waals surface area (Å²) in [7, 11) is 0. The molecule has 2 atom stereocenters. The molecule has 82 heavy (non-hydrogen) atoms. The molecule has 0 aliphatic rings. The molecule has 3 N–H and O–H groups in total. The Morgan fingerprint density at radius 1 is 0.305 bits per heavy atom. The second kappa shape index (κ2) is 72.6. The molecule has 0 radical (unpaired) electrons. The zero-order valence-corrected chi connectivity index (χ0v) is 55.0. The van der Waals surface area contributed by atoms with Gasteiger partial charge in [-0.25, -0.2) is 0 Å². The number of carbonyl (C=O) groups excluding carboxylic acids is 1. The third-order valence-electron chi connectivity index (χ3n) is 16.6. The van der Waals surface area contributed by atoms with Gasteiger partial charge in [0, 0.05) is 6.42 Å². The Hall–Kier alpha value is -2.69. The van der Waals surface area contributed by atoms with Crippen molar-refractivity contribution in [2.75, 3.05) is 6.61 Å². The lowest BCUT2D eigenvalue weighted by Crippen LogP contribution is -2.45. The molecule has 0 aliphatic heterocycles. The zero-order chi connectivity index (χ0) is 59.1. The first-order valence-electron chi connectivity index (χ1n) is 36.5. The molecule has 1 amide bonds. The predicted molar refractivity (Wildman–Crippen MR) is 368 cm³/mol. The fourth-order valence-electron chi connectivity index (χ4n) is 11.1. The Morgan fingerprint density at radius 3 is 0.805 bits per heavy atom. The molecule has 2 unspecified atom stereocenters. The van der Waals surface area contributed by atoms with Crippen LogP contribution in [-0.4, -0.2) is 34.9 Å². The van der Waals surface area contributed by atoms with Crippen molar-refractivity contribution in [3.05, 3.63) is 97.2 Å². The van der Waals surface area contributed by atoms with Crippen molar-refractivity contribution in [3.63, 3.8) is 0 Å². The molecule has 0 bridgehead atoms. The average Bonchev–Trinajstić information content (AvgIpc) is 3.50. The van der Waals surface area contributed by atoms with Crippen LogP contribution in [0.4, 0.5) is 0 Å². The first kappa shape index (κ1) is 79.3. The maximum Gasteiger partial charge on any atom is 0.220 e. The third kappa shape index (κ3) is 68.1. The van der Waals surface area contributed by atoms with Gasteiger partial charge in [0.2, 0.25) is 5.91 Å². The number of hydrogen-bond donors (Lipinski definition) is 3. The predicted octanol–water partition coefficient (Wildman–Crippen LogP) is 25.2. The first-order valence-corrected chi connectivity index (χ1v) is 36.5. The Bertz CT molecular complexity index is 1480. The molecule has 0 aromatic heterocycles. The molecule has 4 heteroatoms. The second-order valence-electron chi connectivity index (χ2n) is 24.6. The molecule has 0 aromatic carbocycles. The van der Waals surface area contributed by atoms with Crippen LogP contribution in [0.15, 0.2) is 97.2 Å². The van der Waals surface area contributed by atoms with Gasteiger partial charge in [-0.15, -0.1) is 0 Å². The van der Waals surface area contributed by atoms with E-state index < -0.39 is 12.1 Å². The van der Waals surface area contributed by atoms with Crippen LogP contribution in [0.25, 0.3) is 0 Å². The van der Waals surface area contributed by atoms with Gasteiger partial charge >= 0.3 is 0 Å². The normalized spacial score (nSPS) is 13.3. The van der Waals surface area contributed by atoms with Gasteiger partial charge in [0.25, 0.3) is 0 Å². The van der Waals surface area contributed by atoms with Gasteiger partial charge < -0.3 is 15.5 Å². The number of amides is 1. The van der Waals surface area contributed by atoms with Gasteiger partial charge in [-0.1, -0.05) is 387 Å². The second-order valence-corrected chi connectivity index (χ2v) is 24.6. The van der Waals surface area contributed by atoms with Crippen molar-refractivity contribution in [1.82, 2.24) is 5.32 Å². The van der Waals surface area contributed by atoms with E-state index in [2.05, 4.69) is 104 Å². The Balaban J connectivity index is 3.47. The number of unbranched alkanes of at least 4 members (excludes halogenated alkanes) is 46. The molecule has 4 nitrogen and oxygen atoms in total. The van der Waals surface area contributed by atoms with Gasteiger partial charge in [0.1, 0.15) is 0 Å². The maximum absolute atomic E-state index is 12.6. The molecule has 0 fully saturated rings. The van der Waals surface area contributed by atoms with Crippen molar-refractivity contribution in [2.45, 2.75) is 386 Å². The SMILES string of the molecule is CC/C=C\C/C=C\C/C=C\C/C=C\C/C=C\C/C=C\C/C=C\CCCCCCCCCCCCCCCCCC(=O)NC(CO)C(O)/C=C/CCCCCCCCCCCCCCCCCCCCCCCCCCCCCCCCC. The van der Waals surface area contributed by atoms with Gasteiger partial charge in [-0.3, -0.25) is 4.79 Å². The molecule has 0 aromatic rings. The van der Waals surface area contributed by atoms with Gasteiger partial charge in [0.05, 0.1) is 18.8 Å². The van der Waals surface area contributed by atoms with Crippen LogP contribution >= 0.6 is 0 Å². The molecule has 0 saturated carbocycles. The van der Waals surface area contributed by atoms with Crippen LogP contribution in [0.1, 0.15) is 373 Å². The summed E-state index contributed by atoms with van der Waals surface area (Å²) < 4.78 is 0. The summed E-state index contributed by atoms with van der Waals surface area (Å²) in [5.74, 6) is -0.0618. The standard InChI is InChI=1S/C78H141NO3/c1-3-5-7-9-11-13-15-17-19-21-23-25-27-29-31-33-35-37-38-39-40-42-44-46-48-50-52-54-56-58-60-62-64-66-68-70-72-74-78(82)79-76(75-80)77(81)73-71-69-67-65-63-61-59-57-55-53-51-49-47-45-43-41-36-34-32-30-28-26-24-22-20-18-16-14-12-10-8-6-4-2/h5,7,11,13,17,19,23,25,29,31,35,37,39-40,71,73,76-77,80-81H,3-4,6,8-10,12,14-16,18,20-22,24,26-28,30,32-34,36,38,41-70,72,74-75H2,1-2H3,(H,79,82)/b7-5-,13-11-,19-17-,25-23-,31-29-,37-35-,40-39-,73-71+. The topological polar surface area (TPSA) is 69.6 Å². The smallest absolute Gasteiger partial charge is 0.220 e. The lowest BCUT2D eigenvalue weighted by molar-refractivity contribution is -0.123. The minimum atomic E-state index is -0.846. The average molecular weight is 1140 g/mol. The summed E-state index contributed by atoms with van der Waals surface area (Å²) in [5, 5.41) is 23.3. The molecule has 0 saturated heterocycles. The van der Waals surface area contributed by atoms with Crippen LogP contribution in [0, 0.1) is 0 Å². The summed E-state index contributed by atoms with van der Waals surface area (Å²) in [6, 6.07) is -0.629. The summed E-state index contributed by atoms with van der Waals surface area (Å²) in [6.45, 7) is 4.23. The van der Waals surface area contributed by atoms with Crippen molar-refractivity contribution in [1.29, 1.82) is 0 Å². The number of aliphatic hydroxyl groups is 2. The van der Waals surface area contributed by atoms with E-state index in [1.165, 1.54) is 283 Å². The molecular formula is C78H141NO3. The van der Waals surface area contributed by atoms with Gasteiger partial charge in [-0.2, -0.15) is 0 Å². The van der Waals surface area contributed by atoms with E-state index in [0.717, 1.165) is 70.6 Å². The van der Waals surface area contributed by atoms with E-state index in [1.807, 2.05) is 6.08 Å². The van der Waals surface area contributed by atoms with E-state index in [0.29, 0.717) is 6.42 Å². The van der Waals surface area contributed by atoms with E-state index in [4.69, 9.17) is 0 Å². The van der Waals surface area contributed by atoms with Crippen LogP contribution in [0.2, 0.25) is 0 Å².